The number of amides is 1. The summed E-state index contributed by atoms with van der Waals surface area (Å²) in [6.45, 7) is 3.76. The lowest BCUT2D eigenvalue weighted by atomic mass is 10.1. The molecule has 0 atom stereocenters. The number of carboxylic acids is 1. The van der Waals surface area contributed by atoms with Gasteiger partial charge in [0.2, 0.25) is 0 Å². The molecule has 1 saturated carbocycles. The Morgan fingerprint density at radius 2 is 1.72 bits per heavy atom. The van der Waals surface area contributed by atoms with E-state index in [1.807, 2.05) is 13.8 Å². The Balaban J connectivity index is 2.19. The van der Waals surface area contributed by atoms with Crippen molar-refractivity contribution >= 4 is 21.7 Å². The molecule has 0 radical (unpaired) electrons. The van der Waals surface area contributed by atoms with Crippen molar-refractivity contribution in [3.8, 4) is 0 Å². The van der Waals surface area contributed by atoms with Crippen LogP contribution in [0.4, 0.5) is 0 Å². The number of sulfone groups is 1. The Bertz CT molecular complexity index is 718. The number of nitrogens with zero attached hydrogens (tertiary/aromatic N) is 1. The van der Waals surface area contributed by atoms with Crippen molar-refractivity contribution in [3.05, 3.63) is 29.8 Å². The number of carbonyl (C=O) groups is 2. The third-order valence-corrected chi connectivity index (χ3v) is 6.65. The van der Waals surface area contributed by atoms with Crippen molar-refractivity contribution in [2.24, 2.45) is 5.92 Å². The normalized spacial score (nSPS) is 15.5. The summed E-state index contributed by atoms with van der Waals surface area (Å²) in [4.78, 5) is 25.0. The Labute approximate surface area is 148 Å². The summed E-state index contributed by atoms with van der Waals surface area (Å²) in [5.41, 5.74) is 0.298. The first-order valence-electron chi connectivity index (χ1n) is 8.57. The number of hydrogen-bond donors (Lipinski definition) is 1. The van der Waals surface area contributed by atoms with Gasteiger partial charge in [-0.05, 0) is 43.0 Å². The topological polar surface area (TPSA) is 91.8 Å². The van der Waals surface area contributed by atoms with Gasteiger partial charge in [-0.25, -0.2) is 8.42 Å². The van der Waals surface area contributed by atoms with E-state index in [9.17, 15) is 18.0 Å². The van der Waals surface area contributed by atoms with E-state index in [2.05, 4.69) is 0 Å². The van der Waals surface area contributed by atoms with E-state index in [0.717, 1.165) is 12.8 Å². The lowest BCUT2D eigenvalue weighted by Gasteiger charge is -2.23. The largest absolute Gasteiger partial charge is 0.480 e. The Morgan fingerprint density at radius 3 is 2.20 bits per heavy atom. The predicted octanol–water partition coefficient (Wildman–Crippen LogP) is 2.59. The molecule has 1 aromatic rings. The fourth-order valence-corrected chi connectivity index (χ4v) is 5.04. The highest BCUT2D eigenvalue weighted by Gasteiger charge is 2.30. The summed E-state index contributed by atoms with van der Waals surface area (Å²) in [6, 6.07) is 5.85. The van der Waals surface area contributed by atoms with Crippen molar-refractivity contribution in [2.75, 3.05) is 13.1 Å². The van der Waals surface area contributed by atoms with E-state index in [1.54, 1.807) is 0 Å². The van der Waals surface area contributed by atoms with Crippen LogP contribution >= 0.6 is 0 Å². The van der Waals surface area contributed by atoms with Crippen molar-refractivity contribution in [3.63, 3.8) is 0 Å². The van der Waals surface area contributed by atoms with Crippen LogP contribution in [0.15, 0.2) is 29.2 Å². The third-order valence-electron chi connectivity index (χ3n) is 4.37. The van der Waals surface area contributed by atoms with Crippen LogP contribution < -0.4 is 0 Å². The molecule has 0 spiro atoms. The van der Waals surface area contributed by atoms with Crippen LogP contribution in [-0.2, 0) is 14.6 Å². The number of benzene rings is 1. The molecule has 1 aromatic carbocycles. The van der Waals surface area contributed by atoms with Crippen LogP contribution in [0.5, 0.6) is 0 Å². The van der Waals surface area contributed by atoms with Crippen molar-refractivity contribution in [2.45, 2.75) is 49.7 Å². The molecule has 7 heteroatoms. The predicted molar refractivity (Wildman–Crippen MR) is 94.3 cm³/mol. The van der Waals surface area contributed by atoms with E-state index in [0.29, 0.717) is 24.9 Å². The molecule has 1 fully saturated rings. The van der Waals surface area contributed by atoms with Gasteiger partial charge in [0, 0.05) is 12.1 Å². The maximum absolute atomic E-state index is 12.6. The first kappa shape index (κ1) is 19.4. The molecule has 0 aliphatic heterocycles. The van der Waals surface area contributed by atoms with Gasteiger partial charge in [0.25, 0.3) is 5.91 Å². The minimum absolute atomic E-state index is 0.130. The average molecular weight is 367 g/mol. The fraction of sp³-hybridized carbons (Fsp3) is 0.556. The maximum atomic E-state index is 12.6. The molecule has 1 aliphatic carbocycles. The molecule has 0 heterocycles. The van der Waals surface area contributed by atoms with E-state index < -0.39 is 21.7 Å². The molecule has 25 heavy (non-hydrogen) atoms. The molecular weight excluding hydrogens is 342 g/mol. The second-order valence-electron chi connectivity index (χ2n) is 6.95. The quantitative estimate of drug-likeness (QED) is 0.800. The zero-order valence-corrected chi connectivity index (χ0v) is 15.5. The molecule has 1 aliphatic rings. The zero-order chi connectivity index (χ0) is 18.6. The highest BCUT2D eigenvalue weighted by Crippen LogP contribution is 2.29. The molecule has 0 bridgehead atoms. The van der Waals surface area contributed by atoms with Gasteiger partial charge in [0.15, 0.2) is 9.84 Å². The van der Waals surface area contributed by atoms with Gasteiger partial charge >= 0.3 is 5.97 Å². The summed E-state index contributed by atoms with van der Waals surface area (Å²) in [7, 11) is -3.36. The van der Waals surface area contributed by atoms with Crippen LogP contribution in [0.1, 0.15) is 49.9 Å². The van der Waals surface area contributed by atoms with E-state index in [4.69, 9.17) is 5.11 Å². The molecule has 138 valence electrons. The first-order chi connectivity index (χ1) is 11.7. The van der Waals surface area contributed by atoms with E-state index >= 15 is 0 Å². The number of aliphatic carboxylic acids is 1. The minimum atomic E-state index is -3.36. The van der Waals surface area contributed by atoms with Gasteiger partial charge in [0.05, 0.1) is 10.1 Å². The molecule has 2 rings (SSSR count). The molecule has 0 saturated heterocycles. The smallest absolute Gasteiger partial charge is 0.323 e. The highest BCUT2D eigenvalue weighted by molar-refractivity contribution is 7.92. The maximum Gasteiger partial charge on any atom is 0.323 e. The van der Waals surface area contributed by atoms with Crippen LogP contribution in [0.25, 0.3) is 0 Å². The van der Waals surface area contributed by atoms with Gasteiger partial charge in [-0.1, -0.05) is 26.7 Å². The number of carbonyl (C=O) groups excluding carboxylic acids is 1. The number of rotatable bonds is 7. The fourth-order valence-electron chi connectivity index (χ4n) is 3.18. The van der Waals surface area contributed by atoms with Gasteiger partial charge in [0.1, 0.15) is 6.54 Å². The van der Waals surface area contributed by atoms with Crippen LogP contribution in [0.2, 0.25) is 0 Å². The molecular formula is C18H25NO5S. The van der Waals surface area contributed by atoms with Crippen molar-refractivity contribution in [1.82, 2.24) is 4.90 Å². The summed E-state index contributed by atoms with van der Waals surface area (Å²) in [5, 5.41) is 8.66. The van der Waals surface area contributed by atoms with Gasteiger partial charge < -0.3 is 10.0 Å². The standard InChI is InChI=1S/C18H25NO5S/c1-13(2)11-19(12-17(20)21)18(22)14-7-9-16(10-8-14)25(23,24)15-5-3-4-6-15/h7-10,13,15H,3-6,11-12H2,1-2H3,(H,20,21). The van der Waals surface area contributed by atoms with Crippen LogP contribution in [0, 0.1) is 5.92 Å². The molecule has 1 amide bonds. The Kier molecular flexibility index (Phi) is 6.21. The summed E-state index contributed by atoms with van der Waals surface area (Å²) >= 11 is 0. The van der Waals surface area contributed by atoms with E-state index in [-0.39, 0.29) is 22.6 Å². The summed E-state index contributed by atoms with van der Waals surface area (Å²) < 4.78 is 25.1. The summed E-state index contributed by atoms with van der Waals surface area (Å²) in [6.07, 6.45) is 3.23. The Hall–Kier alpha value is -1.89. The van der Waals surface area contributed by atoms with E-state index in [1.165, 1.54) is 29.2 Å². The average Bonchev–Trinajstić information content (AvgIpc) is 3.08. The van der Waals surface area contributed by atoms with Crippen LogP contribution in [0.3, 0.4) is 0 Å². The zero-order valence-electron chi connectivity index (χ0n) is 14.6. The molecule has 1 N–H and O–H groups in total. The monoisotopic (exact) mass is 367 g/mol. The highest BCUT2D eigenvalue weighted by atomic mass is 32.2. The molecule has 0 aromatic heterocycles. The number of hydrogen-bond acceptors (Lipinski definition) is 4. The van der Waals surface area contributed by atoms with Crippen molar-refractivity contribution < 1.29 is 23.1 Å². The lowest BCUT2D eigenvalue weighted by molar-refractivity contribution is -0.137. The second-order valence-corrected chi connectivity index (χ2v) is 9.18. The van der Waals surface area contributed by atoms with Gasteiger partial charge in [-0.3, -0.25) is 9.59 Å². The lowest BCUT2D eigenvalue weighted by Crippen LogP contribution is -2.38. The van der Waals surface area contributed by atoms with Crippen molar-refractivity contribution in [1.29, 1.82) is 0 Å². The first-order valence-corrected chi connectivity index (χ1v) is 10.1. The van der Waals surface area contributed by atoms with Gasteiger partial charge in [-0.2, -0.15) is 0 Å². The third kappa shape index (κ3) is 4.81. The molecule has 0 unspecified atom stereocenters. The minimum Gasteiger partial charge on any atom is -0.480 e. The number of carboxylic acid groups (broad SMARTS) is 1. The second kappa shape index (κ2) is 7.99. The Morgan fingerprint density at radius 1 is 1.16 bits per heavy atom. The van der Waals surface area contributed by atoms with Gasteiger partial charge in [-0.15, -0.1) is 0 Å². The molecule has 6 nitrogen and oxygen atoms in total. The summed E-state index contributed by atoms with van der Waals surface area (Å²) in [5.74, 6) is -1.35. The van der Waals surface area contributed by atoms with Crippen LogP contribution in [-0.4, -0.2) is 48.6 Å². The SMILES string of the molecule is CC(C)CN(CC(=O)O)C(=O)c1ccc(S(=O)(=O)C2CCCC2)cc1.